The summed E-state index contributed by atoms with van der Waals surface area (Å²) in [5.41, 5.74) is 3.92. The summed E-state index contributed by atoms with van der Waals surface area (Å²) < 4.78 is 0. The minimum absolute atomic E-state index is 0.0339. The third-order valence-electron chi connectivity index (χ3n) is 3.25. The molecule has 4 nitrogen and oxygen atoms in total. The lowest BCUT2D eigenvalue weighted by molar-refractivity contribution is -0.125. The summed E-state index contributed by atoms with van der Waals surface area (Å²) in [6, 6.07) is 9.74. The van der Waals surface area contributed by atoms with Crippen LogP contribution in [0.5, 0.6) is 0 Å². The van der Waals surface area contributed by atoms with Gasteiger partial charge in [0.05, 0.1) is 17.2 Å². The monoisotopic (exact) mass is 289 g/mol. The Labute approximate surface area is 123 Å². The van der Waals surface area contributed by atoms with Crippen molar-refractivity contribution in [2.45, 2.75) is 26.1 Å². The molecule has 2 aromatic rings. The fraction of sp³-hybridized carbons (Fsp3) is 0.333. The smallest absolute Gasteiger partial charge is 0.237 e. The molecule has 0 aliphatic heterocycles. The van der Waals surface area contributed by atoms with E-state index in [1.54, 1.807) is 11.3 Å². The summed E-state index contributed by atoms with van der Waals surface area (Å²) in [5, 5.41) is 4.97. The highest BCUT2D eigenvalue weighted by Crippen LogP contribution is 2.07. The topological polar surface area (TPSA) is 45.2 Å². The van der Waals surface area contributed by atoms with Gasteiger partial charge in [-0.15, -0.1) is 11.3 Å². The Morgan fingerprint density at radius 3 is 2.80 bits per heavy atom. The molecule has 0 spiro atoms. The third-order valence-corrected chi connectivity index (χ3v) is 3.88. The van der Waals surface area contributed by atoms with E-state index in [9.17, 15) is 4.79 Å². The van der Waals surface area contributed by atoms with Gasteiger partial charge < -0.3 is 5.32 Å². The van der Waals surface area contributed by atoms with Crippen LogP contribution < -0.4 is 5.32 Å². The zero-order valence-corrected chi connectivity index (χ0v) is 12.6. The first-order chi connectivity index (χ1) is 9.66. The average Bonchev–Trinajstić information content (AvgIpc) is 2.98. The molecule has 1 aromatic carbocycles. The summed E-state index contributed by atoms with van der Waals surface area (Å²) in [6.07, 6.45) is 0. The number of rotatable bonds is 6. The molecule has 0 unspecified atom stereocenters. The van der Waals surface area contributed by atoms with Gasteiger partial charge in [-0.3, -0.25) is 9.69 Å². The van der Waals surface area contributed by atoms with E-state index >= 15 is 0 Å². The maximum Gasteiger partial charge on any atom is 0.237 e. The van der Waals surface area contributed by atoms with Crippen LogP contribution in [0.25, 0.3) is 0 Å². The first-order valence-electron chi connectivity index (χ1n) is 6.56. The Kier molecular flexibility index (Phi) is 5.26. The first-order valence-corrected chi connectivity index (χ1v) is 7.50. The average molecular weight is 289 g/mol. The van der Waals surface area contributed by atoms with Crippen LogP contribution in [0.15, 0.2) is 41.2 Å². The maximum absolute atomic E-state index is 12.1. The van der Waals surface area contributed by atoms with Crippen molar-refractivity contribution >= 4 is 17.2 Å². The van der Waals surface area contributed by atoms with Crippen molar-refractivity contribution in [3.05, 3.63) is 52.5 Å². The number of hydrogen-bond donors (Lipinski definition) is 1. The number of nitrogens with one attached hydrogen (secondary N) is 1. The van der Waals surface area contributed by atoms with E-state index in [1.165, 1.54) is 0 Å². The maximum atomic E-state index is 12.1. The molecule has 106 valence electrons. The van der Waals surface area contributed by atoms with Gasteiger partial charge in [0.25, 0.3) is 0 Å². The molecule has 0 fully saturated rings. The van der Waals surface area contributed by atoms with Crippen molar-refractivity contribution in [2.75, 3.05) is 7.05 Å². The van der Waals surface area contributed by atoms with Crippen LogP contribution >= 0.6 is 11.3 Å². The number of aromatic nitrogens is 1. The molecular weight excluding hydrogens is 270 g/mol. The minimum Gasteiger partial charge on any atom is -0.351 e. The van der Waals surface area contributed by atoms with Crippen LogP contribution in [0, 0.1) is 0 Å². The molecular formula is C15H19N3OS. The second-order valence-corrected chi connectivity index (χ2v) is 5.49. The molecule has 0 aliphatic rings. The molecule has 2 rings (SSSR count). The number of benzene rings is 1. The quantitative estimate of drug-likeness (QED) is 0.887. The van der Waals surface area contributed by atoms with Crippen LogP contribution in [-0.4, -0.2) is 28.9 Å². The van der Waals surface area contributed by atoms with Crippen molar-refractivity contribution in [3.63, 3.8) is 0 Å². The fourth-order valence-electron chi connectivity index (χ4n) is 1.84. The molecule has 1 atom stereocenters. The van der Waals surface area contributed by atoms with Crippen LogP contribution in [-0.2, 0) is 17.9 Å². The van der Waals surface area contributed by atoms with Gasteiger partial charge in [0.1, 0.15) is 0 Å². The van der Waals surface area contributed by atoms with Gasteiger partial charge in [-0.1, -0.05) is 30.3 Å². The van der Waals surface area contributed by atoms with Gasteiger partial charge in [0, 0.05) is 18.5 Å². The van der Waals surface area contributed by atoms with E-state index < -0.39 is 0 Å². The summed E-state index contributed by atoms with van der Waals surface area (Å²) in [5.74, 6) is 0.0339. The molecule has 0 aliphatic carbocycles. The summed E-state index contributed by atoms with van der Waals surface area (Å²) in [4.78, 5) is 18.3. The lowest BCUT2D eigenvalue weighted by Crippen LogP contribution is -2.42. The number of carbonyl (C=O) groups excluding carboxylic acids is 1. The van der Waals surface area contributed by atoms with Gasteiger partial charge >= 0.3 is 0 Å². The Hall–Kier alpha value is -1.72. The van der Waals surface area contributed by atoms with E-state index in [2.05, 4.69) is 10.3 Å². The normalized spacial score (nSPS) is 12.3. The molecule has 1 heterocycles. The molecule has 1 N–H and O–H groups in total. The summed E-state index contributed by atoms with van der Waals surface area (Å²) in [7, 11) is 1.94. The van der Waals surface area contributed by atoms with Crippen molar-refractivity contribution in [3.8, 4) is 0 Å². The molecule has 0 saturated heterocycles. The van der Waals surface area contributed by atoms with Crippen LogP contribution in [0.2, 0.25) is 0 Å². The van der Waals surface area contributed by atoms with Crippen LogP contribution in [0.3, 0.4) is 0 Å². The molecule has 20 heavy (non-hydrogen) atoms. The zero-order valence-electron chi connectivity index (χ0n) is 11.7. The molecule has 1 aromatic heterocycles. The molecule has 1 amide bonds. The van der Waals surface area contributed by atoms with E-state index in [-0.39, 0.29) is 11.9 Å². The van der Waals surface area contributed by atoms with E-state index in [4.69, 9.17) is 0 Å². The zero-order chi connectivity index (χ0) is 14.4. The van der Waals surface area contributed by atoms with Crippen molar-refractivity contribution in [1.82, 2.24) is 15.2 Å². The Bertz CT molecular complexity index is 527. The van der Waals surface area contributed by atoms with Gasteiger partial charge in [0.15, 0.2) is 0 Å². The van der Waals surface area contributed by atoms with Crippen LogP contribution in [0.4, 0.5) is 0 Å². The van der Waals surface area contributed by atoms with Crippen molar-refractivity contribution in [1.29, 1.82) is 0 Å². The van der Waals surface area contributed by atoms with Gasteiger partial charge in [-0.2, -0.15) is 0 Å². The standard InChI is InChI=1S/C15H19N3OS/c1-12(18(2)9-14-10-20-11-17-14)15(19)16-8-13-6-4-3-5-7-13/h3-7,10-12H,8-9H2,1-2H3,(H,16,19)/t12-/m1/s1. The second-order valence-electron chi connectivity index (χ2n) is 4.77. The molecule has 5 heteroatoms. The lowest BCUT2D eigenvalue weighted by atomic mass is 10.2. The van der Waals surface area contributed by atoms with Crippen LogP contribution in [0.1, 0.15) is 18.2 Å². The predicted molar refractivity (Wildman–Crippen MR) is 81.3 cm³/mol. The highest BCUT2D eigenvalue weighted by atomic mass is 32.1. The number of hydrogen-bond acceptors (Lipinski definition) is 4. The Balaban J connectivity index is 1.82. The second kappa shape index (κ2) is 7.17. The number of amides is 1. The van der Waals surface area contributed by atoms with Crippen molar-refractivity contribution in [2.24, 2.45) is 0 Å². The Morgan fingerprint density at radius 1 is 1.40 bits per heavy atom. The number of carbonyl (C=O) groups is 1. The van der Waals surface area contributed by atoms with Gasteiger partial charge in [-0.05, 0) is 19.5 Å². The predicted octanol–water partition coefficient (Wildman–Crippen LogP) is 2.28. The number of thiazole rings is 1. The van der Waals surface area contributed by atoms with Gasteiger partial charge in [-0.25, -0.2) is 4.98 Å². The summed E-state index contributed by atoms with van der Waals surface area (Å²) >= 11 is 1.57. The number of likely N-dealkylation sites (N-methyl/N-ethyl adjacent to an activating group) is 1. The summed E-state index contributed by atoms with van der Waals surface area (Å²) in [6.45, 7) is 3.16. The van der Waals surface area contributed by atoms with E-state index in [0.717, 1.165) is 11.3 Å². The molecule has 0 saturated carbocycles. The van der Waals surface area contributed by atoms with Gasteiger partial charge in [0.2, 0.25) is 5.91 Å². The Morgan fingerprint density at radius 2 is 2.15 bits per heavy atom. The minimum atomic E-state index is -0.180. The largest absolute Gasteiger partial charge is 0.351 e. The first kappa shape index (κ1) is 14.7. The molecule has 0 bridgehead atoms. The highest BCUT2D eigenvalue weighted by molar-refractivity contribution is 7.07. The fourth-order valence-corrected chi connectivity index (χ4v) is 2.39. The molecule has 0 radical (unpaired) electrons. The lowest BCUT2D eigenvalue weighted by Gasteiger charge is -2.23. The van der Waals surface area contributed by atoms with E-state index in [0.29, 0.717) is 13.1 Å². The van der Waals surface area contributed by atoms with Crippen molar-refractivity contribution < 1.29 is 4.79 Å². The third kappa shape index (κ3) is 4.15. The highest BCUT2D eigenvalue weighted by Gasteiger charge is 2.18. The van der Waals surface area contributed by atoms with E-state index in [1.807, 2.05) is 60.1 Å². The number of nitrogens with zero attached hydrogens (tertiary/aromatic N) is 2. The SMILES string of the molecule is C[C@H](C(=O)NCc1ccccc1)N(C)Cc1cscn1.